The lowest BCUT2D eigenvalue weighted by Crippen LogP contribution is -2.44. The average molecular weight is 825 g/mol. The molecule has 0 aromatic heterocycles. The summed E-state index contributed by atoms with van der Waals surface area (Å²) < 4.78 is 41.5. The number of hydrogen-bond acceptors (Lipinski definition) is 6. The van der Waals surface area contributed by atoms with E-state index in [-0.39, 0.29) is 23.7 Å². The van der Waals surface area contributed by atoms with Gasteiger partial charge in [-0.05, 0) is 139 Å². The van der Waals surface area contributed by atoms with E-state index in [4.69, 9.17) is 26.8 Å². The molecule has 0 atom stereocenters. The van der Waals surface area contributed by atoms with E-state index in [9.17, 15) is 0 Å². The fourth-order valence-corrected chi connectivity index (χ4v) is 11.8. The second kappa shape index (κ2) is 19.3. The summed E-state index contributed by atoms with van der Waals surface area (Å²) in [7, 11) is -6.79. The first-order chi connectivity index (χ1) is 26.9. The predicted octanol–water partition coefficient (Wildman–Crippen LogP) is 15.0. The summed E-state index contributed by atoms with van der Waals surface area (Å²) >= 11 is 0. The van der Waals surface area contributed by atoms with E-state index in [0.29, 0.717) is 5.75 Å². The van der Waals surface area contributed by atoms with Crippen molar-refractivity contribution in [3.63, 3.8) is 0 Å². The molecular weight excluding hydrogens is 763 g/mol. The van der Waals surface area contributed by atoms with Crippen LogP contribution in [0.4, 0.5) is 0 Å². The van der Waals surface area contributed by atoms with Crippen molar-refractivity contribution in [3.8, 4) is 28.7 Å². The van der Waals surface area contributed by atoms with E-state index in [1.54, 1.807) is 0 Å². The topological polar surface area (TPSA) is 55.4 Å². The van der Waals surface area contributed by atoms with Crippen LogP contribution in [-0.4, -0.2) is 8.32 Å². The van der Waals surface area contributed by atoms with Crippen LogP contribution in [0, 0.1) is 27.7 Å². The molecule has 0 aliphatic heterocycles. The molecule has 5 aromatic carbocycles. The normalized spacial score (nSPS) is 12.0. The fraction of sp³-hybridized carbons (Fsp3) is 0.375. The second-order valence-electron chi connectivity index (χ2n) is 16.8. The molecule has 57 heavy (non-hydrogen) atoms. The Hall–Kier alpha value is -3.86. The Labute approximate surface area is 346 Å². The van der Waals surface area contributed by atoms with Crippen LogP contribution in [-0.2, 0) is 4.21 Å². The maximum absolute atomic E-state index is 7.18. The minimum Gasteiger partial charge on any atom is -0.418 e. The largest absolute Gasteiger partial charge is 0.530 e. The van der Waals surface area contributed by atoms with Gasteiger partial charge in [0.05, 0.1) is 0 Å². The Kier molecular flexibility index (Phi) is 14.9. The molecule has 0 saturated heterocycles. The van der Waals surface area contributed by atoms with Crippen LogP contribution in [0.15, 0.2) is 97.1 Å². The molecule has 0 saturated carbocycles. The Morgan fingerprint density at radius 1 is 0.386 bits per heavy atom. The van der Waals surface area contributed by atoms with Gasteiger partial charge in [-0.1, -0.05) is 122 Å². The molecule has 0 N–H and O–H groups in total. The summed E-state index contributed by atoms with van der Waals surface area (Å²) in [6.07, 6.45) is 0. The molecular formula is C48H62O6P2Si. The summed E-state index contributed by atoms with van der Waals surface area (Å²) in [5.41, 5.74) is 8.80. The summed E-state index contributed by atoms with van der Waals surface area (Å²) in [5.74, 6) is 4.66. The Morgan fingerprint density at radius 2 is 0.684 bits per heavy atom. The minimum atomic E-state index is -2.88. The first-order valence-electron chi connectivity index (χ1n) is 20.1. The third kappa shape index (κ3) is 11.6. The van der Waals surface area contributed by atoms with Crippen molar-refractivity contribution in [1.29, 1.82) is 0 Å². The van der Waals surface area contributed by atoms with Gasteiger partial charge in [-0.25, -0.2) is 0 Å². The number of aryl methyl sites for hydroxylation is 4. The molecule has 0 fully saturated rings. The van der Waals surface area contributed by atoms with E-state index in [1.165, 1.54) is 0 Å². The van der Waals surface area contributed by atoms with E-state index < -0.39 is 25.5 Å². The highest BCUT2D eigenvalue weighted by molar-refractivity contribution is 7.45. The molecule has 6 nitrogen and oxygen atoms in total. The van der Waals surface area contributed by atoms with Gasteiger partial charge < -0.3 is 26.8 Å². The molecule has 0 amide bonds. The molecule has 0 aliphatic carbocycles. The minimum absolute atomic E-state index is 0.239. The van der Waals surface area contributed by atoms with E-state index in [2.05, 4.69) is 175 Å². The highest BCUT2D eigenvalue weighted by Gasteiger charge is 2.38. The van der Waals surface area contributed by atoms with Crippen LogP contribution < -0.4 is 27.8 Å². The van der Waals surface area contributed by atoms with Crippen LogP contribution in [0.3, 0.4) is 0 Å². The second-order valence-corrected chi connectivity index (χ2v) is 22.9. The van der Waals surface area contributed by atoms with Gasteiger partial charge in [-0.15, -0.1) is 0 Å². The molecule has 0 heterocycles. The van der Waals surface area contributed by atoms with Crippen LogP contribution in [0.1, 0.15) is 124 Å². The van der Waals surface area contributed by atoms with Crippen molar-refractivity contribution in [1.82, 2.24) is 0 Å². The predicted molar refractivity (Wildman–Crippen MR) is 243 cm³/mol. The molecule has 0 aliphatic rings. The summed E-state index contributed by atoms with van der Waals surface area (Å²) in [5, 5.41) is 0.938. The standard InChI is InChI=1S/C48H62O6P2Si/c1-31(2)39-23-19-35(9)27-44(39)50-55(51-45-28-36(10)20-24-40(45)32(3)4)49-43-17-15-16-18-48(43)57(13,14)54-56(52-46-29-37(11)21-25-41(46)33(5)6)53-47-30-38(12)22-26-42(47)34(7)8/h15-34H,1-14H3. The van der Waals surface area contributed by atoms with Gasteiger partial charge in [0.1, 0.15) is 28.7 Å². The Morgan fingerprint density at radius 3 is 1.02 bits per heavy atom. The van der Waals surface area contributed by atoms with Gasteiger partial charge in [-0.2, -0.15) is 0 Å². The first-order valence-corrected chi connectivity index (χ1v) is 25.2. The number of para-hydroxylation sites is 1. The zero-order valence-corrected chi connectivity index (χ0v) is 39.2. The maximum atomic E-state index is 7.18. The van der Waals surface area contributed by atoms with Gasteiger partial charge in [0.2, 0.25) is 8.32 Å². The lowest BCUT2D eigenvalue weighted by molar-refractivity contribution is 0.380. The van der Waals surface area contributed by atoms with Gasteiger partial charge in [0, 0.05) is 5.19 Å². The monoisotopic (exact) mass is 824 g/mol. The highest BCUT2D eigenvalue weighted by Crippen LogP contribution is 2.50. The molecule has 304 valence electrons. The van der Waals surface area contributed by atoms with Crippen molar-refractivity contribution in [2.45, 2.75) is 120 Å². The zero-order valence-electron chi connectivity index (χ0n) is 36.4. The Bertz CT molecular complexity index is 2010. The zero-order chi connectivity index (χ0) is 41.6. The molecule has 0 spiro atoms. The average Bonchev–Trinajstić information content (AvgIpc) is 3.11. The Balaban J connectivity index is 1.57. The van der Waals surface area contributed by atoms with E-state index in [0.717, 1.165) is 72.7 Å². The van der Waals surface area contributed by atoms with Crippen LogP contribution >= 0.6 is 17.2 Å². The van der Waals surface area contributed by atoms with Crippen molar-refractivity contribution in [3.05, 3.63) is 142 Å². The third-order valence-electron chi connectivity index (χ3n) is 9.87. The van der Waals surface area contributed by atoms with Crippen LogP contribution in [0.2, 0.25) is 13.1 Å². The molecule has 0 unspecified atom stereocenters. The van der Waals surface area contributed by atoms with Crippen molar-refractivity contribution >= 4 is 30.7 Å². The molecule has 9 heteroatoms. The lowest BCUT2D eigenvalue weighted by Gasteiger charge is -2.30. The van der Waals surface area contributed by atoms with Gasteiger partial charge >= 0.3 is 17.2 Å². The van der Waals surface area contributed by atoms with Crippen LogP contribution in [0.25, 0.3) is 0 Å². The number of rotatable bonds is 17. The summed E-state index contributed by atoms with van der Waals surface area (Å²) in [6, 6.07) is 33.4. The molecule has 5 aromatic rings. The summed E-state index contributed by atoms with van der Waals surface area (Å²) in [6.45, 7) is 30.0. The third-order valence-corrected chi connectivity index (χ3v) is 15.7. The quantitative estimate of drug-likeness (QED) is 0.0688. The van der Waals surface area contributed by atoms with Crippen molar-refractivity contribution < 1.29 is 26.8 Å². The van der Waals surface area contributed by atoms with Gasteiger partial charge in [0.15, 0.2) is 0 Å². The van der Waals surface area contributed by atoms with Crippen molar-refractivity contribution in [2.75, 3.05) is 0 Å². The van der Waals surface area contributed by atoms with Gasteiger partial charge in [-0.3, -0.25) is 0 Å². The van der Waals surface area contributed by atoms with Crippen molar-refractivity contribution in [2.24, 2.45) is 0 Å². The first kappa shape index (κ1) is 44.2. The smallest absolute Gasteiger partial charge is 0.418 e. The van der Waals surface area contributed by atoms with E-state index in [1.807, 2.05) is 18.2 Å². The number of benzene rings is 5. The van der Waals surface area contributed by atoms with E-state index >= 15 is 0 Å². The SMILES string of the molecule is Cc1ccc(C(C)C)c(OP(Oc2cc(C)ccc2C(C)C)Oc2ccccc2[Si](C)(C)OP(Oc2cc(C)ccc2C(C)C)Oc2cc(C)ccc2C(C)C)c1. The number of hydrogen-bond donors (Lipinski definition) is 0. The summed E-state index contributed by atoms with van der Waals surface area (Å²) in [4.78, 5) is 0. The molecule has 0 bridgehead atoms. The lowest BCUT2D eigenvalue weighted by atomic mass is 10.0. The fourth-order valence-electron chi connectivity index (χ4n) is 6.58. The van der Waals surface area contributed by atoms with Gasteiger partial charge in [0.25, 0.3) is 0 Å². The molecule has 0 radical (unpaired) electrons. The highest BCUT2D eigenvalue weighted by atomic mass is 31.2. The van der Waals surface area contributed by atoms with Crippen LogP contribution in [0.5, 0.6) is 28.7 Å². The molecule has 5 rings (SSSR count). The maximum Gasteiger partial charge on any atom is 0.530 e.